The van der Waals surface area contributed by atoms with E-state index >= 15 is 0 Å². The van der Waals surface area contributed by atoms with Crippen LogP contribution in [0.3, 0.4) is 0 Å². The van der Waals surface area contributed by atoms with E-state index in [9.17, 15) is 23.1 Å². The van der Waals surface area contributed by atoms with Gasteiger partial charge in [0, 0.05) is 25.4 Å². The number of benzene rings is 2. The first-order valence-electron chi connectivity index (χ1n) is 12.7. The smallest absolute Gasteiger partial charge is 0.225 e. The number of sulfone groups is 1. The molecule has 0 spiro atoms. The van der Waals surface area contributed by atoms with E-state index in [1.165, 1.54) is 0 Å². The van der Waals surface area contributed by atoms with Gasteiger partial charge in [-0.1, -0.05) is 56.3 Å². The lowest BCUT2D eigenvalue weighted by Gasteiger charge is -2.40. The minimum Gasteiger partial charge on any atom is -0.497 e. The highest BCUT2D eigenvalue weighted by Crippen LogP contribution is 2.38. The van der Waals surface area contributed by atoms with E-state index < -0.39 is 51.3 Å². The predicted octanol–water partition coefficient (Wildman–Crippen LogP) is 1.81. The molecule has 38 heavy (non-hydrogen) atoms. The molecular weight excluding hydrogens is 506 g/mol. The number of rotatable bonds is 17. The molecule has 9 nitrogen and oxygen atoms in total. The number of carbonyl (C=O) groups excluding carboxylic acids is 2. The Labute approximate surface area is 225 Å². The first-order valence-corrected chi connectivity index (χ1v) is 14.5. The number of carbonyl (C=O) groups is 2. The second-order valence-electron chi connectivity index (χ2n) is 10.3. The zero-order valence-corrected chi connectivity index (χ0v) is 23.2. The maximum Gasteiger partial charge on any atom is 0.225 e. The first-order chi connectivity index (χ1) is 17.9. The van der Waals surface area contributed by atoms with Crippen molar-refractivity contribution in [3.8, 4) is 5.75 Å². The summed E-state index contributed by atoms with van der Waals surface area (Å²) < 4.78 is 31.7. The normalized spacial score (nSPS) is 15.0. The molecule has 0 aliphatic carbocycles. The van der Waals surface area contributed by atoms with E-state index in [-0.39, 0.29) is 24.6 Å². The fourth-order valence-electron chi connectivity index (χ4n) is 4.68. The number of aliphatic hydroxyl groups is 1. The van der Waals surface area contributed by atoms with Crippen molar-refractivity contribution in [3.63, 3.8) is 0 Å². The van der Waals surface area contributed by atoms with Gasteiger partial charge >= 0.3 is 0 Å². The van der Waals surface area contributed by atoms with Crippen LogP contribution in [0.15, 0.2) is 54.6 Å². The Morgan fingerprint density at radius 1 is 1.05 bits per heavy atom. The maximum absolute atomic E-state index is 13.2. The molecule has 0 radical (unpaired) electrons. The van der Waals surface area contributed by atoms with Gasteiger partial charge < -0.3 is 26.6 Å². The summed E-state index contributed by atoms with van der Waals surface area (Å²) in [7, 11) is -2.25. The number of hydrogen-bond acceptors (Lipinski definition) is 7. The van der Waals surface area contributed by atoms with Gasteiger partial charge in [-0.3, -0.25) is 9.59 Å². The monoisotopic (exact) mass is 547 g/mol. The Morgan fingerprint density at radius 3 is 2.29 bits per heavy atom. The summed E-state index contributed by atoms with van der Waals surface area (Å²) in [5.41, 5.74) is 11.2. The molecule has 0 saturated carbocycles. The molecule has 0 aromatic heterocycles. The average molecular weight is 548 g/mol. The van der Waals surface area contributed by atoms with Crippen LogP contribution in [0.25, 0.3) is 0 Å². The van der Waals surface area contributed by atoms with E-state index in [0.29, 0.717) is 18.7 Å². The van der Waals surface area contributed by atoms with Crippen molar-refractivity contribution in [2.45, 2.75) is 45.8 Å². The van der Waals surface area contributed by atoms with Crippen LogP contribution < -0.4 is 21.5 Å². The van der Waals surface area contributed by atoms with Gasteiger partial charge in [-0.05, 0) is 42.0 Å². The van der Waals surface area contributed by atoms with Gasteiger partial charge in [0.25, 0.3) is 0 Å². The topological polar surface area (TPSA) is 162 Å². The lowest BCUT2D eigenvalue weighted by molar-refractivity contribution is -0.138. The Bertz CT molecular complexity index is 1160. The molecule has 210 valence electrons. The van der Waals surface area contributed by atoms with Gasteiger partial charge in [-0.2, -0.15) is 0 Å². The molecule has 6 N–H and O–H groups in total. The van der Waals surface area contributed by atoms with Gasteiger partial charge in [0.1, 0.15) is 5.75 Å². The van der Waals surface area contributed by atoms with Crippen LogP contribution in [-0.4, -0.2) is 56.6 Å². The Balaban J connectivity index is 2.43. The molecule has 0 heterocycles. The fraction of sp³-hybridized carbons (Fsp3) is 0.500. The van der Waals surface area contributed by atoms with E-state index in [0.717, 1.165) is 11.1 Å². The minimum atomic E-state index is -3.82. The van der Waals surface area contributed by atoms with Gasteiger partial charge in [0.05, 0.1) is 30.1 Å². The molecule has 1 unspecified atom stereocenters. The Morgan fingerprint density at radius 2 is 1.71 bits per heavy atom. The third-order valence-corrected chi connectivity index (χ3v) is 8.57. The highest BCUT2D eigenvalue weighted by atomic mass is 32.2. The standard InChI is InChI=1S/C28H41N3O6S/c1-20(2)12-13-38(35,36)19-28(27(30)34,16-26(29)33)24(15-21-8-5-4-6-9-21)25(32)18-31-17-22-10-7-11-23(14-22)37-3/h4-11,14,20,24-25,31-32H,12-13,15-19H2,1-3H3,(H2,29,33)(H2,30,34)/t24-,25+,28?/m1/s1. The van der Waals surface area contributed by atoms with Gasteiger partial charge in [-0.25, -0.2) is 8.42 Å². The summed E-state index contributed by atoms with van der Waals surface area (Å²) in [6, 6.07) is 16.5. The largest absolute Gasteiger partial charge is 0.497 e. The van der Waals surface area contributed by atoms with E-state index in [2.05, 4.69) is 5.32 Å². The highest BCUT2D eigenvalue weighted by molar-refractivity contribution is 7.91. The maximum atomic E-state index is 13.2. The van der Waals surface area contributed by atoms with Crippen LogP contribution in [0.4, 0.5) is 0 Å². The summed E-state index contributed by atoms with van der Waals surface area (Å²) in [6.45, 7) is 4.21. The highest BCUT2D eigenvalue weighted by Gasteiger charge is 2.51. The first kappa shape index (κ1) is 31.3. The predicted molar refractivity (Wildman–Crippen MR) is 148 cm³/mol. The number of methoxy groups -OCH3 is 1. The number of amides is 2. The zero-order valence-electron chi connectivity index (χ0n) is 22.4. The van der Waals surface area contributed by atoms with Gasteiger partial charge in [0.15, 0.2) is 9.84 Å². The van der Waals surface area contributed by atoms with Gasteiger partial charge in [-0.15, -0.1) is 0 Å². The third kappa shape index (κ3) is 9.41. The van der Waals surface area contributed by atoms with Crippen LogP contribution in [0.1, 0.15) is 37.8 Å². The van der Waals surface area contributed by atoms with Crippen LogP contribution >= 0.6 is 0 Å². The second kappa shape index (κ2) is 14.3. The van der Waals surface area contributed by atoms with Crippen molar-refractivity contribution in [1.82, 2.24) is 5.32 Å². The molecule has 2 aromatic rings. The van der Waals surface area contributed by atoms with Crippen LogP contribution in [0.5, 0.6) is 5.75 Å². The van der Waals surface area contributed by atoms with Crippen LogP contribution in [0, 0.1) is 17.3 Å². The Kier molecular flexibility index (Phi) is 11.7. The summed E-state index contributed by atoms with van der Waals surface area (Å²) in [4.78, 5) is 25.3. The summed E-state index contributed by atoms with van der Waals surface area (Å²) >= 11 is 0. The van der Waals surface area contributed by atoms with Crippen molar-refractivity contribution < 1.29 is 27.9 Å². The molecule has 2 rings (SSSR count). The van der Waals surface area contributed by atoms with Crippen molar-refractivity contribution in [2.75, 3.05) is 25.2 Å². The molecule has 3 atom stereocenters. The quantitative estimate of drug-likeness (QED) is 0.235. The molecule has 0 bridgehead atoms. The van der Waals surface area contributed by atoms with Crippen LogP contribution in [-0.2, 0) is 32.4 Å². The molecule has 0 aliphatic rings. The second-order valence-corrected chi connectivity index (χ2v) is 12.5. The zero-order chi connectivity index (χ0) is 28.3. The van der Waals surface area contributed by atoms with E-state index in [1.54, 1.807) is 19.2 Å². The lowest BCUT2D eigenvalue weighted by atomic mass is 9.68. The lowest BCUT2D eigenvalue weighted by Crippen LogP contribution is -2.56. The average Bonchev–Trinajstić information content (AvgIpc) is 2.86. The molecular formula is C28H41N3O6S. The third-order valence-electron chi connectivity index (χ3n) is 6.75. The molecule has 10 heteroatoms. The SMILES string of the molecule is COc1cccc(CNC[C@H](O)[C@@H](Cc2ccccc2)C(CC(N)=O)(CS(=O)(=O)CCC(C)C)C(N)=O)c1. The summed E-state index contributed by atoms with van der Waals surface area (Å²) in [5.74, 6) is -2.87. The molecule has 0 aliphatic heterocycles. The van der Waals surface area contributed by atoms with Crippen molar-refractivity contribution in [1.29, 1.82) is 0 Å². The Hall–Kier alpha value is -2.95. The van der Waals surface area contributed by atoms with E-state index in [1.807, 2.05) is 56.3 Å². The number of hydrogen-bond donors (Lipinski definition) is 4. The number of nitrogens with two attached hydrogens (primary N) is 2. The van der Waals surface area contributed by atoms with Crippen molar-refractivity contribution in [3.05, 3.63) is 65.7 Å². The van der Waals surface area contributed by atoms with Crippen molar-refractivity contribution in [2.24, 2.45) is 28.7 Å². The molecule has 0 fully saturated rings. The van der Waals surface area contributed by atoms with E-state index in [4.69, 9.17) is 16.2 Å². The van der Waals surface area contributed by atoms with Crippen LogP contribution in [0.2, 0.25) is 0 Å². The summed E-state index contributed by atoms with van der Waals surface area (Å²) in [5, 5.41) is 14.6. The molecule has 2 amide bonds. The molecule has 2 aromatic carbocycles. The number of ether oxygens (including phenoxy) is 1. The fourth-order valence-corrected chi connectivity index (χ4v) is 6.90. The summed E-state index contributed by atoms with van der Waals surface area (Å²) in [6.07, 6.45) is -1.29. The number of aliphatic hydroxyl groups excluding tert-OH is 1. The number of primary amides is 2. The minimum absolute atomic E-state index is 0.0224. The number of nitrogens with one attached hydrogen (secondary N) is 1. The van der Waals surface area contributed by atoms with Gasteiger partial charge in [0.2, 0.25) is 11.8 Å². The molecule has 0 saturated heterocycles. The van der Waals surface area contributed by atoms with Crippen molar-refractivity contribution >= 4 is 21.7 Å².